The van der Waals surface area contributed by atoms with E-state index < -0.39 is 17.7 Å². The highest BCUT2D eigenvalue weighted by Gasteiger charge is 2.21. The van der Waals surface area contributed by atoms with Crippen molar-refractivity contribution in [2.45, 2.75) is 13.0 Å². The molecule has 3 aromatic rings. The van der Waals surface area contributed by atoms with Gasteiger partial charge in [0.05, 0.1) is 11.1 Å². The molecule has 0 saturated carbocycles. The Kier molecular flexibility index (Phi) is 3.39. The predicted octanol–water partition coefficient (Wildman–Crippen LogP) is 3.90. The molecule has 0 saturated heterocycles. The molecule has 1 heterocycles. The highest BCUT2D eigenvalue weighted by atomic mass is 19.1. The molecular formula is C17H13F2NO. The summed E-state index contributed by atoms with van der Waals surface area (Å²) < 4.78 is 27.7. The van der Waals surface area contributed by atoms with Gasteiger partial charge in [0, 0.05) is 11.1 Å². The monoisotopic (exact) mass is 285 g/mol. The fourth-order valence-electron chi connectivity index (χ4n) is 2.49. The quantitative estimate of drug-likeness (QED) is 0.774. The summed E-state index contributed by atoms with van der Waals surface area (Å²) in [4.78, 5) is 4.36. The maximum Gasteiger partial charge on any atom is 0.132 e. The van der Waals surface area contributed by atoms with Gasteiger partial charge in [-0.05, 0) is 36.8 Å². The molecule has 3 rings (SSSR count). The number of halogens is 2. The first-order chi connectivity index (χ1) is 10.1. The number of benzene rings is 2. The van der Waals surface area contributed by atoms with Gasteiger partial charge in [-0.2, -0.15) is 0 Å². The van der Waals surface area contributed by atoms with Crippen LogP contribution in [0.2, 0.25) is 0 Å². The van der Waals surface area contributed by atoms with Crippen LogP contribution in [-0.2, 0) is 0 Å². The van der Waals surface area contributed by atoms with Crippen LogP contribution in [0.3, 0.4) is 0 Å². The Balaban J connectivity index is 2.25. The summed E-state index contributed by atoms with van der Waals surface area (Å²) in [6.45, 7) is 1.78. The maximum atomic E-state index is 13.9. The molecule has 0 spiro atoms. The van der Waals surface area contributed by atoms with Crippen LogP contribution in [0.4, 0.5) is 8.78 Å². The van der Waals surface area contributed by atoms with Crippen molar-refractivity contribution in [3.8, 4) is 0 Å². The van der Waals surface area contributed by atoms with Crippen LogP contribution in [0, 0.1) is 18.6 Å². The highest BCUT2D eigenvalue weighted by molar-refractivity contribution is 5.83. The van der Waals surface area contributed by atoms with Gasteiger partial charge in [0.1, 0.15) is 17.7 Å². The Morgan fingerprint density at radius 2 is 1.67 bits per heavy atom. The summed E-state index contributed by atoms with van der Waals surface area (Å²) in [5, 5.41) is 11.1. The number of pyridine rings is 1. The van der Waals surface area contributed by atoms with Gasteiger partial charge in [0.15, 0.2) is 0 Å². The lowest BCUT2D eigenvalue weighted by Crippen LogP contribution is -2.07. The van der Waals surface area contributed by atoms with E-state index in [1.165, 1.54) is 6.07 Å². The topological polar surface area (TPSA) is 33.1 Å². The number of hydrogen-bond acceptors (Lipinski definition) is 2. The maximum absolute atomic E-state index is 13.9. The lowest BCUT2D eigenvalue weighted by atomic mass is 9.96. The zero-order valence-corrected chi connectivity index (χ0v) is 11.3. The van der Waals surface area contributed by atoms with Crippen molar-refractivity contribution in [3.63, 3.8) is 0 Å². The van der Waals surface area contributed by atoms with Crippen LogP contribution < -0.4 is 0 Å². The van der Waals surface area contributed by atoms with Crippen molar-refractivity contribution < 1.29 is 13.9 Å². The number of para-hydroxylation sites is 1. The first kappa shape index (κ1) is 13.6. The smallest absolute Gasteiger partial charge is 0.132 e. The summed E-state index contributed by atoms with van der Waals surface area (Å²) in [6, 6.07) is 12.4. The lowest BCUT2D eigenvalue weighted by Gasteiger charge is -2.16. The van der Waals surface area contributed by atoms with Gasteiger partial charge in [-0.1, -0.05) is 24.3 Å². The minimum Gasteiger partial charge on any atom is -0.383 e. The molecule has 1 aromatic heterocycles. The molecule has 2 aromatic carbocycles. The number of aliphatic hydroxyl groups is 1. The summed E-state index contributed by atoms with van der Waals surface area (Å²) in [5.74, 6) is -1.53. The van der Waals surface area contributed by atoms with Gasteiger partial charge >= 0.3 is 0 Å². The lowest BCUT2D eigenvalue weighted by molar-refractivity contribution is 0.210. The molecule has 0 radical (unpaired) electrons. The molecule has 0 bridgehead atoms. The van der Waals surface area contributed by atoms with Gasteiger partial charge < -0.3 is 5.11 Å². The van der Waals surface area contributed by atoms with E-state index >= 15 is 0 Å². The SMILES string of the molecule is Cc1cc(C(O)c2c(F)cccc2F)c2ccccc2n1. The summed E-state index contributed by atoms with van der Waals surface area (Å²) in [5.41, 5.74) is 1.47. The second kappa shape index (κ2) is 5.22. The van der Waals surface area contributed by atoms with E-state index in [0.717, 1.165) is 12.1 Å². The molecule has 0 aliphatic rings. The number of hydrogen-bond donors (Lipinski definition) is 1. The van der Waals surface area contributed by atoms with Crippen LogP contribution in [0.5, 0.6) is 0 Å². The molecule has 4 heteroatoms. The molecule has 2 nitrogen and oxygen atoms in total. The minimum absolute atomic E-state index is 0.340. The van der Waals surface area contributed by atoms with Crippen LogP contribution >= 0.6 is 0 Å². The Bertz CT molecular complexity index is 797. The molecule has 0 amide bonds. The fourth-order valence-corrected chi connectivity index (χ4v) is 2.49. The van der Waals surface area contributed by atoms with Gasteiger partial charge in [0.25, 0.3) is 0 Å². The summed E-state index contributed by atoms with van der Waals surface area (Å²) >= 11 is 0. The Morgan fingerprint density at radius 3 is 2.38 bits per heavy atom. The molecule has 106 valence electrons. The number of aromatic nitrogens is 1. The van der Waals surface area contributed by atoms with Gasteiger partial charge in [-0.3, -0.25) is 4.98 Å². The van der Waals surface area contributed by atoms with Gasteiger partial charge in [-0.25, -0.2) is 8.78 Å². The van der Waals surface area contributed by atoms with E-state index in [4.69, 9.17) is 0 Å². The first-order valence-electron chi connectivity index (χ1n) is 6.56. The third kappa shape index (κ3) is 2.38. The van der Waals surface area contributed by atoms with E-state index in [9.17, 15) is 13.9 Å². The van der Waals surface area contributed by atoms with E-state index in [1.807, 2.05) is 6.07 Å². The predicted molar refractivity (Wildman–Crippen MR) is 76.9 cm³/mol. The molecule has 21 heavy (non-hydrogen) atoms. The fraction of sp³-hybridized carbons (Fsp3) is 0.118. The summed E-state index contributed by atoms with van der Waals surface area (Å²) in [6.07, 6.45) is -1.38. The van der Waals surface area contributed by atoms with E-state index in [1.54, 1.807) is 31.2 Å². The molecule has 0 aliphatic carbocycles. The van der Waals surface area contributed by atoms with Crippen molar-refractivity contribution in [2.75, 3.05) is 0 Å². The number of aryl methyl sites for hydroxylation is 1. The van der Waals surface area contributed by atoms with Crippen LogP contribution in [0.25, 0.3) is 10.9 Å². The van der Waals surface area contributed by atoms with Crippen molar-refractivity contribution in [3.05, 3.63) is 77.0 Å². The van der Waals surface area contributed by atoms with Crippen LogP contribution in [0.15, 0.2) is 48.5 Å². The molecule has 1 N–H and O–H groups in total. The highest BCUT2D eigenvalue weighted by Crippen LogP contribution is 2.31. The normalized spacial score (nSPS) is 12.6. The zero-order chi connectivity index (χ0) is 15.0. The van der Waals surface area contributed by atoms with Crippen LogP contribution in [0.1, 0.15) is 22.9 Å². The number of fused-ring (bicyclic) bond motifs is 1. The number of nitrogens with zero attached hydrogens (tertiary/aromatic N) is 1. The molecule has 0 aliphatic heterocycles. The average molecular weight is 285 g/mol. The van der Waals surface area contributed by atoms with E-state index in [0.29, 0.717) is 22.2 Å². The van der Waals surface area contributed by atoms with Crippen molar-refractivity contribution in [1.29, 1.82) is 0 Å². The van der Waals surface area contributed by atoms with E-state index in [2.05, 4.69) is 4.98 Å². The van der Waals surface area contributed by atoms with Gasteiger partial charge in [-0.15, -0.1) is 0 Å². The second-order valence-electron chi connectivity index (χ2n) is 4.91. The zero-order valence-electron chi connectivity index (χ0n) is 11.3. The number of aliphatic hydroxyl groups excluding tert-OH is 1. The van der Waals surface area contributed by atoms with Crippen molar-refractivity contribution >= 4 is 10.9 Å². The minimum atomic E-state index is -1.38. The second-order valence-corrected chi connectivity index (χ2v) is 4.91. The molecule has 1 unspecified atom stereocenters. The third-order valence-corrected chi connectivity index (χ3v) is 3.44. The standard InChI is InChI=1S/C17H13F2NO/c1-10-9-12(11-5-2-3-8-15(11)20-10)17(21)16-13(18)6-4-7-14(16)19/h2-9,17,21H,1H3. The Morgan fingerprint density at radius 1 is 1.00 bits per heavy atom. The van der Waals surface area contributed by atoms with Crippen LogP contribution in [-0.4, -0.2) is 10.1 Å². The largest absolute Gasteiger partial charge is 0.383 e. The third-order valence-electron chi connectivity index (χ3n) is 3.44. The molecular weight excluding hydrogens is 272 g/mol. The Hall–Kier alpha value is -2.33. The first-order valence-corrected chi connectivity index (χ1v) is 6.56. The van der Waals surface area contributed by atoms with E-state index in [-0.39, 0.29) is 5.56 Å². The van der Waals surface area contributed by atoms with Crippen molar-refractivity contribution in [1.82, 2.24) is 4.98 Å². The average Bonchev–Trinajstić information content (AvgIpc) is 2.46. The number of rotatable bonds is 2. The van der Waals surface area contributed by atoms with Gasteiger partial charge in [0.2, 0.25) is 0 Å². The molecule has 1 atom stereocenters. The van der Waals surface area contributed by atoms with Crippen molar-refractivity contribution in [2.24, 2.45) is 0 Å². The molecule has 0 fully saturated rings. The summed E-state index contributed by atoms with van der Waals surface area (Å²) in [7, 11) is 0. The Labute approximate surface area is 120 Å².